The van der Waals surface area contributed by atoms with Gasteiger partial charge in [-0.05, 0) is 63.0 Å². The van der Waals surface area contributed by atoms with Gasteiger partial charge in [0.1, 0.15) is 5.82 Å². The molecule has 0 bridgehead atoms. The van der Waals surface area contributed by atoms with Crippen LogP contribution in [0.2, 0.25) is 0 Å². The lowest BCUT2D eigenvalue weighted by Gasteiger charge is -2.10. The highest BCUT2D eigenvalue weighted by Gasteiger charge is 2.11. The largest absolute Gasteiger partial charge is 0.370 e. The second-order valence-electron chi connectivity index (χ2n) is 4.01. The highest BCUT2D eigenvalue weighted by atomic mass is 79.9. The molecule has 1 aromatic carbocycles. The van der Waals surface area contributed by atoms with Crippen LogP contribution in [-0.2, 0) is 0 Å². The van der Waals surface area contributed by atoms with Crippen molar-refractivity contribution >= 4 is 49.3 Å². The number of pyridine rings is 1. The molecular weight excluding hydrogens is 386 g/mol. The first-order valence-corrected chi connectivity index (χ1v) is 7.65. The molecule has 0 fully saturated rings. The van der Waals surface area contributed by atoms with Gasteiger partial charge in [0.05, 0.1) is 5.69 Å². The second-order valence-corrected chi connectivity index (χ2v) is 5.72. The number of rotatable bonds is 4. The molecule has 6 heteroatoms. The van der Waals surface area contributed by atoms with Crippen LogP contribution in [0.1, 0.15) is 17.3 Å². The lowest BCUT2D eigenvalue weighted by Crippen LogP contribution is -2.13. The first-order chi connectivity index (χ1) is 9.61. The lowest BCUT2D eigenvalue weighted by atomic mass is 10.2. The topological polar surface area (TPSA) is 54.0 Å². The molecule has 20 heavy (non-hydrogen) atoms. The second kappa shape index (κ2) is 6.85. The molecule has 0 radical (unpaired) electrons. The minimum absolute atomic E-state index is 0.181. The van der Waals surface area contributed by atoms with E-state index in [4.69, 9.17) is 0 Å². The molecule has 0 saturated heterocycles. The number of carbonyl (C=O) groups excluding carboxylic acids is 1. The van der Waals surface area contributed by atoms with Crippen molar-refractivity contribution in [2.75, 3.05) is 17.2 Å². The SMILES string of the molecule is CCNc1cc(C(=O)Nc2c(Br)cccc2Br)ccn1. The van der Waals surface area contributed by atoms with Crippen molar-refractivity contribution in [1.82, 2.24) is 4.98 Å². The number of hydrogen-bond donors (Lipinski definition) is 2. The number of anilines is 2. The summed E-state index contributed by atoms with van der Waals surface area (Å²) in [6, 6.07) is 9.04. The Hall–Kier alpha value is -1.40. The summed E-state index contributed by atoms with van der Waals surface area (Å²) >= 11 is 6.84. The van der Waals surface area contributed by atoms with Crippen molar-refractivity contribution in [3.05, 3.63) is 51.0 Å². The van der Waals surface area contributed by atoms with E-state index in [1.165, 1.54) is 0 Å². The van der Waals surface area contributed by atoms with Crippen LogP contribution < -0.4 is 10.6 Å². The smallest absolute Gasteiger partial charge is 0.255 e. The molecule has 2 N–H and O–H groups in total. The number of aromatic nitrogens is 1. The van der Waals surface area contributed by atoms with Crippen LogP contribution in [0, 0.1) is 0 Å². The Bertz CT molecular complexity index is 611. The number of hydrogen-bond acceptors (Lipinski definition) is 3. The fraction of sp³-hybridized carbons (Fsp3) is 0.143. The quantitative estimate of drug-likeness (QED) is 0.807. The highest BCUT2D eigenvalue weighted by molar-refractivity contribution is 9.11. The maximum atomic E-state index is 12.3. The minimum atomic E-state index is -0.181. The van der Waals surface area contributed by atoms with E-state index < -0.39 is 0 Å². The molecule has 1 aromatic heterocycles. The van der Waals surface area contributed by atoms with Crippen molar-refractivity contribution in [2.24, 2.45) is 0 Å². The maximum absolute atomic E-state index is 12.3. The van der Waals surface area contributed by atoms with Crippen molar-refractivity contribution in [3.8, 4) is 0 Å². The Balaban J connectivity index is 2.22. The summed E-state index contributed by atoms with van der Waals surface area (Å²) in [5.41, 5.74) is 1.26. The van der Waals surface area contributed by atoms with Crippen LogP contribution in [0.3, 0.4) is 0 Å². The maximum Gasteiger partial charge on any atom is 0.255 e. The molecule has 1 heterocycles. The number of nitrogens with zero attached hydrogens (tertiary/aromatic N) is 1. The molecule has 0 unspecified atom stereocenters. The molecule has 1 amide bonds. The summed E-state index contributed by atoms with van der Waals surface area (Å²) in [4.78, 5) is 16.4. The molecule has 0 aliphatic rings. The Kier molecular flexibility index (Phi) is 5.14. The fourth-order valence-corrected chi connectivity index (χ4v) is 2.85. The number of halogens is 2. The first-order valence-electron chi connectivity index (χ1n) is 6.07. The fourth-order valence-electron chi connectivity index (χ4n) is 1.65. The predicted molar refractivity (Wildman–Crippen MR) is 88.2 cm³/mol. The summed E-state index contributed by atoms with van der Waals surface area (Å²) in [5.74, 6) is 0.505. The van der Waals surface area contributed by atoms with Crippen molar-refractivity contribution < 1.29 is 4.79 Å². The molecule has 2 aromatic rings. The average molecular weight is 399 g/mol. The molecule has 0 saturated carbocycles. The summed E-state index contributed by atoms with van der Waals surface area (Å²) in [5, 5.41) is 5.96. The normalized spacial score (nSPS) is 10.2. The van der Waals surface area contributed by atoms with Crippen LogP contribution in [0.15, 0.2) is 45.5 Å². The van der Waals surface area contributed by atoms with Gasteiger partial charge >= 0.3 is 0 Å². The van der Waals surface area contributed by atoms with Crippen LogP contribution in [0.25, 0.3) is 0 Å². The van der Waals surface area contributed by atoms with Crippen LogP contribution in [0.5, 0.6) is 0 Å². The Morgan fingerprint density at radius 2 is 1.95 bits per heavy atom. The van der Waals surface area contributed by atoms with Gasteiger partial charge in [-0.2, -0.15) is 0 Å². The summed E-state index contributed by atoms with van der Waals surface area (Å²) in [7, 11) is 0. The minimum Gasteiger partial charge on any atom is -0.370 e. The van der Waals surface area contributed by atoms with Crippen LogP contribution >= 0.6 is 31.9 Å². The van der Waals surface area contributed by atoms with Gasteiger partial charge in [0.25, 0.3) is 5.91 Å². The zero-order chi connectivity index (χ0) is 14.5. The molecular formula is C14H13Br2N3O. The van der Waals surface area contributed by atoms with E-state index in [0.717, 1.165) is 15.5 Å². The number of benzene rings is 1. The van der Waals surface area contributed by atoms with Crippen LogP contribution in [-0.4, -0.2) is 17.4 Å². The highest BCUT2D eigenvalue weighted by Crippen LogP contribution is 2.30. The molecule has 4 nitrogen and oxygen atoms in total. The monoisotopic (exact) mass is 397 g/mol. The number of nitrogens with one attached hydrogen (secondary N) is 2. The van der Waals surface area contributed by atoms with Gasteiger partial charge < -0.3 is 10.6 Å². The van der Waals surface area contributed by atoms with Crippen molar-refractivity contribution in [1.29, 1.82) is 0 Å². The van der Waals surface area contributed by atoms with E-state index in [1.54, 1.807) is 18.3 Å². The van der Waals surface area contributed by atoms with Crippen LogP contribution in [0.4, 0.5) is 11.5 Å². The molecule has 104 valence electrons. The first kappa shape index (κ1) is 15.0. The molecule has 0 aliphatic heterocycles. The molecule has 0 atom stereocenters. The Morgan fingerprint density at radius 1 is 1.25 bits per heavy atom. The van der Waals surface area contributed by atoms with Crippen molar-refractivity contribution in [3.63, 3.8) is 0 Å². The number of amides is 1. The van der Waals surface area contributed by atoms with E-state index in [0.29, 0.717) is 17.1 Å². The average Bonchev–Trinajstić information content (AvgIpc) is 2.43. The molecule has 2 rings (SSSR count). The van der Waals surface area contributed by atoms with E-state index in [2.05, 4.69) is 47.5 Å². The van der Waals surface area contributed by atoms with E-state index >= 15 is 0 Å². The zero-order valence-corrected chi connectivity index (χ0v) is 14.0. The van der Waals surface area contributed by atoms with E-state index in [-0.39, 0.29) is 5.91 Å². The van der Waals surface area contributed by atoms with Gasteiger partial charge in [-0.1, -0.05) is 6.07 Å². The Labute approximate surface area is 134 Å². The summed E-state index contributed by atoms with van der Waals surface area (Å²) < 4.78 is 1.64. The van der Waals surface area contributed by atoms with Gasteiger partial charge in [0.15, 0.2) is 0 Å². The molecule has 0 aliphatic carbocycles. The summed E-state index contributed by atoms with van der Waals surface area (Å²) in [6.07, 6.45) is 1.61. The van der Waals surface area contributed by atoms with E-state index in [9.17, 15) is 4.79 Å². The van der Waals surface area contributed by atoms with Gasteiger partial charge in [-0.25, -0.2) is 4.98 Å². The van der Waals surface area contributed by atoms with Gasteiger partial charge in [-0.3, -0.25) is 4.79 Å². The molecule has 0 spiro atoms. The lowest BCUT2D eigenvalue weighted by molar-refractivity contribution is 0.102. The third-order valence-electron chi connectivity index (χ3n) is 2.58. The van der Waals surface area contributed by atoms with Crippen molar-refractivity contribution in [2.45, 2.75) is 6.92 Å². The third-order valence-corrected chi connectivity index (χ3v) is 3.90. The van der Waals surface area contributed by atoms with E-state index in [1.807, 2.05) is 25.1 Å². The number of para-hydroxylation sites is 1. The van der Waals surface area contributed by atoms with Gasteiger partial charge in [0.2, 0.25) is 0 Å². The number of carbonyl (C=O) groups is 1. The van der Waals surface area contributed by atoms with Gasteiger partial charge in [0, 0.05) is 27.3 Å². The van der Waals surface area contributed by atoms with Gasteiger partial charge in [-0.15, -0.1) is 0 Å². The Morgan fingerprint density at radius 3 is 2.60 bits per heavy atom. The standard InChI is InChI=1S/C14H13Br2N3O/c1-2-17-12-8-9(6-7-18-12)14(20)19-13-10(15)4-3-5-11(13)16/h3-8H,2H2,1H3,(H,17,18)(H,19,20). The summed E-state index contributed by atoms with van der Waals surface area (Å²) in [6.45, 7) is 2.74. The third kappa shape index (κ3) is 3.58. The predicted octanol–water partition coefficient (Wildman–Crippen LogP) is 4.29. The zero-order valence-electron chi connectivity index (χ0n) is 10.8.